The number of nitrogens with one attached hydrogen (secondary N) is 1. The Morgan fingerprint density at radius 2 is 1.90 bits per heavy atom. The maximum absolute atomic E-state index is 5.76. The Labute approximate surface area is 125 Å². The SMILES string of the molecule is CCNC1CCCCCC1CN(C)CCOCC1CC1. The molecular formula is C17H34N2O. The topological polar surface area (TPSA) is 24.5 Å². The van der Waals surface area contributed by atoms with E-state index in [0.717, 1.165) is 44.2 Å². The lowest BCUT2D eigenvalue weighted by atomic mass is 9.94. The molecule has 2 fully saturated rings. The van der Waals surface area contributed by atoms with E-state index in [4.69, 9.17) is 4.74 Å². The maximum Gasteiger partial charge on any atom is 0.0593 e. The Morgan fingerprint density at radius 1 is 1.10 bits per heavy atom. The Hall–Kier alpha value is -0.120. The summed E-state index contributed by atoms with van der Waals surface area (Å²) in [7, 11) is 2.26. The van der Waals surface area contributed by atoms with E-state index in [2.05, 4.69) is 24.2 Å². The van der Waals surface area contributed by atoms with Crippen molar-refractivity contribution < 1.29 is 4.74 Å². The van der Waals surface area contributed by atoms with Gasteiger partial charge < -0.3 is 15.0 Å². The minimum Gasteiger partial charge on any atom is -0.380 e. The molecule has 2 aliphatic rings. The van der Waals surface area contributed by atoms with Gasteiger partial charge in [0, 0.05) is 25.7 Å². The molecule has 0 spiro atoms. The molecule has 0 aliphatic heterocycles. The average molecular weight is 282 g/mol. The van der Waals surface area contributed by atoms with Gasteiger partial charge in [0.05, 0.1) is 6.61 Å². The molecule has 0 aromatic carbocycles. The van der Waals surface area contributed by atoms with Crippen molar-refractivity contribution in [2.75, 3.05) is 39.9 Å². The summed E-state index contributed by atoms with van der Waals surface area (Å²) in [5, 5.41) is 3.71. The second kappa shape index (κ2) is 9.01. The van der Waals surface area contributed by atoms with Crippen molar-refractivity contribution in [3.05, 3.63) is 0 Å². The lowest BCUT2D eigenvalue weighted by Gasteiger charge is -2.30. The van der Waals surface area contributed by atoms with Crippen molar-refractivity contribution in [3.63, 3.8) is 0 Å². The molecular weight excluding hydrogens is 248 g/mol. The third-order valence-corrected chi connectivity index (χ3v) is 4.84. The van der Waals surface area contributed by atoms with Gasteiger partial charge in [-0.3, -0.25) is 0 Å². The number of nitrogens with zero attached hydrogens (tertiary/aromatic N) is 1. The summed E-state index contributed by atoms with van der Waals surface area (Å²) >= 11 is 0. The van der Waals surface area contributed by atoms with Crippen LogP contribution in [0.4, 0.5) is 0 Å². The molecule has 2 atom stereocenters. The predicted octanol–water partition coefficient (Wildman–Crippen LogP) is 2.90. The van der Waals surface area contributed by atoms with Crippen LogP contribution in [-0.4, -0.2) is 50.8 Å². The average Bonchev–Trinajstić information content (AvgIpc) is 3.25. The first-order valence-corrected chi connectivity index (χ1v) is 8.79. The van der Waals surface area contributed by atoms with Crippen molar-refractivity contribution >= 4 is 0 Å². The molecule has 0 aromatic heterocycles. The third kappa shape index (κ3) is 6.11. The van der Waals surface area contributed by atoms with Crippen LogP contribution in [0.15, 0.2) is 0 Å². The molecule has 2 saturated carbocycles. The molecule has 20 heavy (non-hydrogen) atoms. The normalized spacial score (nSPS) is 27.8. The van der Waals surface area contributed by atoms with Crippen LogP contribution in [0.3, 0.4) is 0 Å². The molecule has 1 N–H and O–H groups in total. The fourth-order valence-electron chi connectivity index (χ4n) is 3.38. The van der Waals surface area contributed by atoms with Crippen molar-refractivity contribution in [2.24, 2.45) is 11.8 Å². The van der Waals surface area contributed by atoms with E-state index in [1.54, 1.807) is 0 Å². The summed E-state index contributed by atoms with van der Waals surface area (Å²) in [5.41, 5.74) is 0. The fraction of sp³-hybridized carbons (Fsp3) is 1.00. The zero-order chi connectivity index (χ0) is 14.2. The van der Waals surface area contributed by atoms with Gasteiger partial charge in [0.25, 0.3) is 0 Å². The molecule has 2 unspecified atom stereocenters. The molecule has 0 bridgehead atoms. The van der Waals surface area contributed by atoms with E-state index in [1.165, 1.54) is 51.5 Å². The Kier molecular flexibility index (Phi) is 7.32. The minimum atomic E-state index is 0.734. The van der Waals surface area contributed by atoms with Crippen LogP contribution in [0, 0.1) is 11.8 Å². The first-order valence-electron chi connectivity index (χ1n) is 8.79. The molecule has 0 radical (unpaired) electrons. The highest BCUT2D eigenvalue weighted by Crippen LogP contribution is 2.28. The molecule has 0 saturated heterocycles. The minimum absolute atomic E-state index is 0.734. The van der Waals surface area contributed by atoms with E-state index in [1.807, 2.05) is 0 Å². The number of hydrogen-bond acceptors (Lipinski definition) is 3. The van der Waals surface area contributed by atoms with Gasteiger partial charge in [0.2, 0.25) is 0 Å². The molecule has 0 aromatic rings. The first kappa shape index (κ1) is 16.3. The zero-order valence-corrected chi connectivity index (χ0v) is 13.6. The number of rotatable bonds is 9. The van der Waals surface area contributed by atoms with Gasteiger partial charge in [0.15, 0.2) is 0 Å². The van der Waals surface area contributed by atoms with Gasteiger partial charge in [-0.1, -0.05) is 26.2 Å². The van der Waals surface area contributed by atoms with Crippen LogP contribution in [0.2, 0.25) is 0 Å². The maximum atomic E-state index is 5.76. The standard InChI is InChI=1S/C17H34N2O/c1-3-18-17-8-6-4-5-7-16(17)13-19(2)11-12-20-14-15-9-10-15/h15-18H,3-14H2,1-2H3. The third-order valence-electron chi connectivity index (χ3n) is 4.84. The number of ether oxygens (including phenoxy) is 1. The van der Waals surface area contributed by atoms with Gasteiger partial charge >= 0.3 is 0 Å². The molecule has 2 aliphatic carbocycles. The number of likely N-dealkylation sites (N-methyl/N-ethyl adjacent to an activating group) is 1. The summed E-state index contributed by atoms with van der Waals surface area (Å²) in [5.74, 6) is 1.71. The first-order chi connectivity index (χ1) is 9.79. The number of hydrogen-bond donors (Lipinski definition) is 1. The molecule has 2 rings (SSSR count). The lowest BCUT2D eigenvalue weighted by Crippen LogP contribution is -2.41. The Balaban J connectivity index is 1.64. The van der Waals surface area contributed by atoms with E-state index in [-0.39, 0.29) is 0 Å². The van der Waals surface area contributed by atoms with Crippen LogP contribution in [0.25, 0.3) is 0 Å². The van der Waals surface area contributed by atoms with E-state index in [9.17, 15) is 0 Å². The molecule has 0 heterocycles. The second-order valence-corrected chi connectivity index (χ2v) is 6.84. The van der Waals surface area contributed by atoms with Crippen molar-refractivity contribution in [2.45, 2.75) is 57.9 Å². The van der Waals surface area contributed by atoms with Crippen LogP contribution in [0.5, 0.6) is 0 Å². The van der Waals surface area contributed by atoms with Gasteiger partial charge in [-0.15, -0.1) is 0 Å². The van der Waals surface area contributed by atoms with E-state index < -0.39 is 0 Å². The van der Waals surface area contributed by atoms with Gasteiger partial charge in [-0.25, -0.2) is 0 Å². The second-order valence-electron chi connectivity index (χ2n) is 6.84. The summed E-state index contributed by atoms with van der Waals surface area (Å²) in [6.07, 6.45) is 9.79. The molecule has 3 heteroatoms. The lowest BCUT2D eigenvalue weighted by molar-refractivity contribution is 0.0959. The highest BCUT2D eigenvalue weighted by molar-refractivity contribution is 4.81. The van der Waals surface area contributed by atoms with Crippen LogP contribution >= 0.6 is 0 Å². The van der Waals surface area contributed by atoms with Crippen molar-refractivity contribution in [1.29, 1.82) is 0 Å². The monoisotopic (exact) mass is 282 g/mol. The van der Waals surface area contributed by atoms with Crippen LogP contribution in [0.1, 0.15) is 51.9 Å². The quantitative estimate of drug-likeness (QED) is 0.520. The predicted molar refractivity (Wildman–Crippen MR) is 85.1 cm³/mol. The highest BCUT2D eigenvalue weighted by atomic mass is 16.5. The van der Waals surface area contributed by atoms with E-state index >= 15 is 0 Å². The summed E-state index contributed by atoms with van der Waals surface area (Å²) in [4.78, 5) is 2.48. The van der Waals surface area contributed by atoms with E-state index in [0.29, 0.717) is 0 Å². The largest absolute Gasteiger partial charge is 0.380 e. The summed E-state index contributed by atoms with van der Waals surface area (Å²) in [6.45, 7) is 7.56. The highest BCUT2D eigenvalue weighted by Gasteiger charge is 2.24. The molecule has 3 nitrogen and oxygen atoms in total. The van der Waals surface area contributed by atoms with Crippen LogP contribution in [-0.2, 0) is 4.74 Å². The smallest absolute Gasteiger partial charge is 0.0593 e. The Morgan fingerprint density at radius 3 is 2.65 bits per heavy atom. The molecule has 118 valence electrons. The van der Waals surface area contributed by atoms with Crippen LogP contribution < -0.4 is 5.32 Å². The fourth-order valence-corrected chi connectivity index (χ4v) is 3.38. The van der Waals surface area contributed by atoms with Crippen molar-refractivity contribution in [3.8, 4) is 0 Å². The van der Waals surface area contributed by atoms with Gasteiger partial charge in [-0.2, -0.15) is 0 Å². The zero-order valence-electron chi connectivity index (χ0n) is 13.6. The van der Waals surface area contributed by atoms with Crippen molar-refractivity contribution in [1.82, 2.24) is 10.2 Å². The Bertz CT molecular complexity index is 255. The van der Waals surface area contributed by atoms with Gasteiger partial charge in [-0.05, 0) is 51.1 Å². The molecule has 0 amide bonds. The summed E-state index contributed by atoms with van der Waals surface area (Å²) in [6, 6.07) is 0.734. The summed E-state index contributed by atoms with van der Waals surface area (Å²) < 4.78 is 5.76. The van der Waals surface area contributed by atoms with Gasteiger partial charge in [0.1, 0.15) is 0 Å².